The zero-order valence-electron chi connectivity index (χ0n) is 17.8. The van der Waals surface area contributed by atoms with Crippen LogP contribution in [0.25, 0.3) is 11.3 Å². The van der Waals surface area contributed by atoms with Gasteiger partial charge in [0.05, 0.1) is 36.4 Å². The number of aryl methyl sites for hydroxylation is 1. The van der Waals surface area contributed by atoms with E-state index in [1.165, 1.54) is 19.3 Å². The van der Waals surface area contributed by atoms with Crippen molar-refractivity contribution in [2.24, 2.45) is 7.05 Å². The van der Waals surface area contributed by atoms with Gasteiger partial charge in [0.25, 0.3) is 0 Å². The topological polar surface area (TPSA) is 78.3 Å². The van der Waals surface area contributed by atoms with E-state index in [9.17, 15) is 4.79 Å². The highest BCUT2D eigenvalue weighted by Crippen LogP contribution is 2.26. The molecule has 1 saturated carbocycles. The molecular weight excluding hydrogens is 392 g/mol. The van der Waals surface area contributed by atoms with Gasteiger partial charge in [-0.3, -0.25) is 9.67 Å². The lowest BCUT2D eigenvalue weighted by Gasteiger charge is -2.22. The molecule has 0 spiro atoms. The zero-order valence-corrected chi connectivity index (χ0v) is 17.8. The van der Waals surface area contributed by atoms with Crippen molar-refractivity contribution in [1.82, 2.24) is 20.1 Å². The lowest BCUT2D eigenvalue weighted by molar-refractivity contribution is 0.139. The van der Waals surface area contributed by atoms with Gasteiger partial charge in [-0.15, -0.1) is 0 Å². The van der Waals surface area contributed by atoms with Crippen LogP contribution in [0.2, 0.25) is 0 Å². The smallest absolute Gasteiger partial charge is 0.407 e. The number of amides is 1. The number of nitrogens with one attached hydrogen (secondary N) is 1. The van der Waals surface area contributed by atoms with Crippen LogP contribution in [0.15, 0.2) is 54.9 Å². The average molecular weight is 421 g/mol. The fourth-order valence-corrected chi connectivity index (χ4v) is 3.80. The number of carbonyl (C=O) groups excluding carboxylic acids is 1. The second kappa shape index (κ2) is 10.1. The Morgan fingerprint density at radius 1 is 1.10 bits per heavy atom. The van der Waals surface area contributed by atoms with Gasteiger partial charge < -0.3 is 14.8 Å². The zero-order chi connectivity index (χ0) is 21.5. The Balaban J connectivity index is 1.35. The molecule has 7 heteroatoms. The maximum atomic E-state index is 12.1. The monoisotopic (exact) mass is 420 g/mol. The largest absolute Gasteiger partial charge is 0.489 e. The maximum absolute atomic E-state index is 12.1. The first kappa shape index (κ1) is 20.9. The molecule has 162 valence electrons. The third-order valence-corrected chi connectivity index (χ3v) is 5.54. The Labute approximate surface area is 182 Å². The Bertz CT molecular complexity index is 980. The molecule has 4 rings (SSSR count). The minimum Gasteiger partial charge on any atom is -0.489 e. The van der Waals surface area contributed by atoms with Crippen LogP contribution in [0.1, 0.15) is 43.4 Å². The summed E-state index contributed by atoms with van der Waals surface area (Å²) in [4.78, 5) is 16.7. The van der Waals surface area contributed by atoms with E-state index in [4.69, 9.17) is 9.47 Å². The number of nitrogens with zero attached hydrogens (tertiary/aromatic N) is 3. The van der Waals surface area contributed by atoms with Gasteiger partial charge in [-0.25, -0.2) is 4.79 Å². The van der Waals surface area contributed by atoms with Crippen molar-refractivity contribution in [1.29, 1.82) is 0 Å². The number of ether oxygens (including phenoxy) is 2. The van der Waals surface area contributed by atoms with Crippen LogP contribution in [0.5, 0.6) is 5.75 Å². The number of hydrogen-bond acceptors (Lipinski definition) is 5. The summed E-state index contributed by atoms with van der Waals surface area (Å²) in [6, 6.07) is 13.5. The van der Waals surface area contributed by atoms with Crippen molar-refractivity contribution in [3.8, 4) is 17.0 Å². The molecule has 1 aromatic carbocycles. The first-order valence-electron chi connectivity index (χ1n) is 10.8. The standard InChI is InChI=1S/C24H28N4O3/c1-28-23(16-26-24(29)30-17-18-8-4-2-5-9-18)21(15-27-28)22-13-12-20(14-25-22)31-19-10-6-3-7-11-19/h2,4-5,8-9,12-15,19H,3,6-7,10-11,16-17H2,1H3,(H,26,29). The van der Waals surface area contributed by atoms with Crippen molar-refractivity contribution in [2.75, 3.05) is 0 Å². The molecule has 1 amide bonds. The van der Waals surface area contributed by atoms with Crippen molar-refractivity contribution < 1.29 is 14.3 Å². The molecule has 1 fully saturated rings. The first-order valence-corrected chi connectivity index (χ1v) is 10.8. The van der Waals surface area contributed by atoms with Crippen LogP contribution < -0.4 is 10.1 Å². The van der Waals surface area contributed by atoms with E-state index in [2.05, 4.69) is 15.4 Å². The molecule has 0 saturated heterocycles. The Hall–Kier alpha value is -3.35. The molecule has 2 heterocycles. The molecule has 3 aromatic rings. The number of hydrogen-bond donors (Lipinski definition) is 1. The number of benzene rings is 1. The van der Waals surface area contributed by atoms with Gasteiger partial charge in [0, 0.05) is 12.6 Å². The summed E-state index contributed by atoms with van der Waals surface area (Å²) in [7, 11) is 1.84. The fraction of sp³-hybridized carbons (Fsp3) is 0.375. The molecule has 0 bridgehead atoms. The van der Waals surface area contributed by atoms with Crippen molar-refractivity contribution in [2.45, 2.75) is 51.4 Å². The van der Waals surface area contributed by atoms with Crippen LogP contribution in [-0.4, -0.2) is 27.0 Å². The third-order valence-electron chi connectivity index (χ3n) is 5.54. The summed E-state index contributed by atoms with van der Waals surface area (Å²) in [6.45, 7) is 0.524. The van der Waals surface area contributed by atoms with E-state index in [0.717, 1.165) is 41.1 Å². The quantitative estimate of drug-likeness (QED) is 0.603. The van der Waals surface area contributed by atoms with E-state index >= 15 is 0 Å². The molecule has 2 aromatic heterocycles. The number of rotatable bonds is 7. The molecular formula is C24H28N4O3. The molecule has 0 radical (unpaired) electrons. The molecule has 0 unspecified atom stereocenters. The minimum absolute atomic E-state index is 0.231. The van der Waals surface area contributed by atoms with E-state index in [0.29, 0.717) is 12.6 Å². The summed E-state index contributed by atoms with van der Waals surface area (Å²) in [5, 5.41) is 7.13. The lowest BCUT2D eigenvalue weighted by Crippen LogP contribution is -2.25. The van der Waals surface area contributed by atoms with Crippen LogP contribution in [0, 0.1) is 0 Å². The SMILES string of the molecule is Cn1ncc(-c2ccc(OC3CCCCC3)cn2)c1CNC(=O)OCc1ccccc1. The van der Waals surface area contributed by atoms with Crippen LogP contribution >= 0.6 is 0 Å². The third kappa shape index (κ3) is 5.63. The Morgan fingerprint density at radius 2 is 1.90 bits per heavy atom. The van der Waals surface area contributed by atoms with Crippen LogP contribution in [0.4, 0.5) is 4.79 Å². The second-order valence-corrected chi connectivity index (χ2v) is 7.80. The van der Waals surface area contributed by atoms with Gasteiger partial charge in [-0.1, -0.05) is 36.8 Å². The average Bonchev–Trinajstić information content (AvgIpc) is 3.18. The summed E-state index contributed by atoms with van der Waals surface area (Å²) >= 11 is 0. The fourth-order valence-electron chi connectivity index (χ4n) is 3.80. The van der Waals surface area contributed by atoms with E-state index in [1.54, 1.807) is 17.1 Å². The Morgan fingerprint density at radius 3 is 2.65 bits per heavy atom. The van der Waals surface area contributed by atoms with Crippen molar-refractivity contribution in [3.05, 3.63) is 66.1 Å². The molecule has 1 aliphatic rings. The van der Waals surface area contributed by atoms with Gasteiger partial charge in [0.2, 0.25) is 0 Å². The van der Waals surface area contributed by atoms with E-state index in [1.807, 2.05) is 49.5 Å². The Kier molecular flexibility index (Phi) is 6.82. The normalized spacial score (nSPS) is 14.2. The lowest BCUT2D eigenvalue weighted by atomic mass is 9.98. The number of pyridine rings is 1. The molecule has 1 aliphatic carbocycles. The number of carbonyl (C=O) groups is 1. The second-order valence-electron chi connectivity index (χ2n) is 7.80. The van der Waals surface area contributed by atoms with Gasteiger partial charge in [-0.2, -0.15) is 5.10 Å². The van der Waals surface area contributed by atoms with Gasteiger partial charge in [0.15, 0.2) is 0 Å². The predicted octanol–water partition coefficient (Wildman–Crippen LogP) is 4.62. The highest BCUT2D eigenvalue weighted by Gasteiger charge is 2.16. The highest BCUT2D eigenvalue weighted by molar-refractivity contribution is 5.68. The molecule has 0 atom stereocenters. The maximum Gasteiger partial charge on any atom is 0.407 e. The predicted molar refractivity (Wildman–Crippen MR) is 117 cm³/mol. The molecule has 31 heavy (non-hydrogen) atoms. The van der Waals surface area contributed by atoms with Crippen LogP contribution in [0.3, 0.4) is 0 Å². The summed E-state index contributed by atoms with van der Waals surface area (Å²) in [5.41, 5.74) is 3.46. The van der Waals surface area contributed by atoms with E-state index < -0.39 is 6.09 Å². The van der Waals surface area contributed by atoms with Crippen LogP contribution in [-0.2, 0) is 24.9 Å². The molecule has 1 N–H and O–H groups in total. The van der Waals surface area contributed by atoms with Gasteiger partial charge >= 0.3 is 6.09 Å². The van der Waals surface area contributed by atoms with Crippen molar-refractivity contribution >= 4 is 6.09 Å². The van der Waals surface area contributed by atoms with Gasteiger partial charge in [0.1, 0.15) is 12.4 Å². The van der Waals surface area contributed by atoms with E-state index in [-0.39, 0.29) is 6.61 Å². The summed E-state index contributed by atoms with van der Waals surface area (Å²) < 4.78 is 13.1. The first-order chi connectivity index (χ1) is 15.2. The molecule has 0 aliphatic heterocycles. The molecule has 7 nitrogen and oxygen atoms in total. The minimum atomic E-state index is -0.472. The number of aromatic nitrogens is 3. The summed E-state index contributed by atoms with van der Waals surface area (Å²) in [5.74, 6) is 0.795. The summed E-state index contributed by atoms with van der Waals surface area (Å²) in [6.07, 6.45) is 9.34. The highest BCUT2D eigenvalue weighted by atomic mass is 16.5. The van der Waals surface area contributed by atoms with Gasteiger partial charge in [-0.05, 0) is 43.4 Å². The number of alkyl carbamates (subject to hydrolysis) is 1. The van der Waals surface area contributed by atoms with Crippen molar-refractivity contribution in [3.63, 3.8) is 0 Å².